The molecule has 1 saturated carbocycles. The highest BCUT2D eigenvalue weighted by Crippen LogP contribution is 2.53. The molecule has 4 nitrogen and oxygen atoms in total. The minimum absolute atomic E-state index is 0.101. The molecule has 0 heterocycles. The number of aliphatic carboxylic acids is 1. The summed E-state index contributed by atoms with van der Waals surface area (Å²) in [6.07, 6.45) is 3.94. The van der Waals surface area contributed by atoms with Crippen molar-refractivity contribution in [2.24, 2.45) is 23.7 Å². The van der Waals surface area contributed by atoms with Crippen molar-refractivity contribution in [2.45, 2.75) is 20.8 Å². The number of hydrogen-bond acceptors (Lipinski definition) is 2. The van der Waals surface area contributed by atoms with Gasteiger partial charge in [-0.05, 0) is 38.5 Å². The summed E-state index contributed by atoms with van der Waals surface area (Å²) in [5.74, 6) is -2.59. The molecule has 0 radical (unpaired) electrons. The van der Waals surface area contributed by atoms with Gasteiger partial charge in [0, 0.05) is 17.5 Å². The van der Waals surface area contributed by atoms with Crippen LogP contribution in [0.5, 0.6) is 0 Å². The van der Waals surface area contributed by atoms with Crippen LogP contribution in [0.25, 0.3) is 0 Å². The fourth-order valence-corrected chi connectivity index (χ4v) is 3.99. The zero-order valence-corrected chi connectivity index (χ0v) is 13.5. The van der Waals surface area contributed by atoms with Gasteiger partial charge in [-0.1, -0.05) is 35.4 Å². The van der Waals surface area contributed by atoms with E-state index in [1.54, 1.807) is 0 Å². The van der Waals surface area contributed by atoms with Crippen molar-refractivity contribution >= 4 is 17.6 Å². The van der Waals surface area contributed by atoms with E-state index in [1.807, 2.05) is 57.2 Å². The van der Waals surface area contributed by atoms with E-state index < -0.39 is 17.8 Å². The highest BCUT2D eigenvalue weighted by atomic mass is 16.4. The van der Waals surface area contributed by atoms with Crippen molar-refractivity contribution in [3.05, 3.63) is 53.1 Å². The van der Waals surface area contributed by atoms with Gasteiger partial charge in [-0.25, -0.2) is 0 Å². The number of carbonyl (C=O) groups is 2. The van der Waals surface area contributed by atoms with E-state index in [9.17, 15) is 14.7 Å². The largest absolute Gasteiger partial charge is 0.481 e. The first kappa shape index (κ1) is 15.5. The van der Waals surface area contributed by atoms with E-state index in [0.29, 0.717) is 5.69 Å². The molecule has 0 aromatic heterocycles. The molecular weight excluding hydrogens is 290 g/mol. The molecule has 2 N–H and O–H groups in total. The summed E-state index contributed by atoms with van der Waals surface area (Å²) in [5.41, 5.74) is 3.98. The van der Waals surface area contributed by atoms with Crippen molar-refractivity contribution in [1.29, 1.82) is 0 Å². The molecule has 23 heavy (non-hydrogen) atoms. The lowest BCUT2D eigenvalue weighted by molar-refractivity contribution is -0.146. The summed E-state index contributed by atoms with van der Waals surface area (Å²) in [7, 11) is 0. The zero-order chi connectivity index (χ0) is 16.7. The van der Waals surface area contributed by atoms with E-state index in [-0.39, 0.29) is 17.7 Å². The van der Waals surface area contributed by atoms with Crippen LogP contribution in [0.4, 0.5) is 5.69 Å². The lowest BCUT2D eigenvalue weighted by atomic mass is 9.82. The average Bonchev–Trinajstić information content (AvgIpc) is 3.02. The van der Waals surface area contributed by atoms with E-state index in [4.69, 9.17) is 0 Å². The molecule has 3 rings (SSSR count). The van der Waals surface area contributed by atoms with Crippen LogP contribution in [-0.2, 0) is 9.59 Å². The molecule has 1 amide bonds. The summed E-state index contributed by atoms with van der Waals surface area (Å²) in [6.45, 7) is 5.93. The number of nitrogens with one attached hydrogen (secondary N) is 1. The molecule has 0 spiro atoms. The van der Waals surface area contributed by atoms with Crippen LogP contribution in [0, 0.1) is 30.6 Å². The second kappa shape index (κ2) is 5.69. The topological polar surface area (TPSA) is 66.4 Å². The zero-order valence-electron chi connectivity index (χ0n) is 13.5. The first-order valence-corrected chi connectivity index (χ1v) is 7.86. The number of carbonyl (C=O) groups excluding carboxylic acids is 1. The molecule has 1 aromatic carbocycles. The first-order chi connectivity index (χ1) is 10.9. The van der Waals surface area contributed by atoms with Gasteiger partial charge in [-0.15, -0.1) is 0 Å². The summed E-state index contributed by atoms with van der Waals surface area (Å²) >= 11 is 0. The highest BCUT2D eigenvalue weighted by Gasteiger charge is 2.54. The van der Waals surface area contributed by atoms with E-state index in [2.05, 4.69) is 5.32 Å². The molecule has 0 unspecified atom stereocenters. The maximum absolute atomic E-state index is 12.8. The Morgan fingerprint density at radius 3 is 2.30 bits per heavy atom. The molecule has 1 aromatic rings. The Morgan fingerprint density at radius 2 is 1.74 bits per heavy atom. The molecule has 120 valence electrons. The molecule has 0 aliphatic heterocycles. The van der Waals surface area contributed by atoms with Gasteiger partial charge < -0.3 is 10.4 Å². The number of carboxylic acids is 1. The van der Waals surface area contributed by atoms with Crippen molar-refractivity contribution < 1.29 is 14.7 Å². The van der Waals surface area contributed by atoms with Crippen LogP contribution in [0.1, 0.15) is 19.4 Å². The minimum Gasteiger partial charge on any atom is -0.481 e. The fraction of sp³-hybridized carbons (Fsp3) is 0.368. The van der Waals surface area contributed by atoms with Crippen LogP contribution in [0.2, 0.25) is 0 Å². The number of amides is 1. The van der Waals surface area contributed by atoms with Crippen LogP contribution in [0.15, 0.2) is 47.6 Å². The Balaban J connectivity index is 1.91. The van der Waals surface area contributed by atoms with Gasteiger partial charge in [0.25, 0.3) is 0 Å². The van der Waals surface area contributed by atoms with Crippen molar-refractivity contribution in [1.82, 2.24) is 0 Å². The Morgan fingerprint density at radius 1 is 1.09 bits per heavy atom. The van der Waals surface area contributed by atoms with Crippen molar-refractivity contribution in [3.63, 3.8) is 0 Å². The molecule has 1 fully saturated rings. The smallest absolute Gasteiger partial charge is 0.308 e. The van der Waals surface area contributed by atoms with E-state index in [0.717, 1.165) is 16.7 Å². The molecule has 2 aliphatic rings. The Labute approximate surface area is 135 Å². The standard InChI is InChI=1S/C19H21NO3/c1-10(2)15-13-7-8-14(15)17(19(22)23)16(13)18(21)20-12-6-4-5-11(3)9-12/h4-9,13-14,16-17H,1-3H3,(H,20,21)(H,22,23)/t13-,14+,16+,17+/m0/s1. The lowest BCUT2D eigenvalue weighted by Gasteiger charge is -2.23. The van der Waals surface area contributed by atoms with Gasteiger partial charge in [-0.3, -0.25) is 9.59 Å². The monoisotopic (exact) mass is 311 g/mol. The predicted molar refractivity (Wildman–Crippen MR) is 88.9 cm³/mol. The number of aryl methyl sites for hydroxylation is 1. The summed E-state index contributed by atoms with van der Waals surface area (Å²) < 4.78 is 0. The maximum atomic E-state index is 12.8. The van der Waals surface area contributed by atoms with E-state index in [1.165, 1.54) is 0 Å². The molecular formula is C19H21NO3. The third-order valence-electron chi connectivity index (χ3n) is 4.86. The average molecular weight is 311 g/mol. The number of rotatable bonds is 3. The fourth-order valence-electron chi connectivity index (χ4n) is 3.99. The van der Waals surface area contributed by atoms with Crippen molar-refractivity contribution in [2.75, 3.05) is 5.32 Å². The van der Waals surface area contributed by atoms with Gasteiger partial charge in [0.05, 0.1) is 11.8 Å². The third kappa shape index (κ3) is 2.58. The highest BCUT2D eigenvalue weighted by molar-refractivity contribution is 5.97. The molecule has 4 heteroatoms. The number of carboxylic acid groups (broad SMARTS) is 1. The first-order valence-electron chi connectivity index (χ1n) is 7.86. The minimum atomic E-state index is -0.898. The van der Waals surface area contributed by atoms with Gasteiger partial charge >= 0.3 is 5.97 Å². The van der Waals surface area contributed by atoms with Crippen LogP contribution in [0.3, 0.4) is 0 Å². The van der Waals surface area contributed by atoms with Crippen LogP contribution >= 0.6 is 0 Å². The van der Waals surface area contributed by atoms with Crippen LogP contribution < -0.4 is 5.32 Å². The number of hydrogen-bond donors (Lipinski definition) is 2. The van der Waals surface area contributed by atoms with Crippen LogP contribution in [-0.4, -0.2) is 17.0 Å². The SMILES string of the molecule is CC(C)=C1[C@H]2C=C[C@@H]1[C@@H](C(=O)Nc1cccc(C)c1)[C@@H]2C(=O)O. The predicted octanol–water partition coefficient (Wildman–Crippen LogP) is 3.40. The molecule has 2 bridgehead atoms. The van der Waals surface area contributed by atoms with Gasteiger partial charge in [-0.2, -0.15) is 0 Å². The lowest BCUT2D eigenvalue weighted by Crippen LogP contribution is -2.36. The molecule has 4 atom stereocenters. The van der Waals surface area contributed by atoms with E-state index >= 15 is 0 Å². The number of fused-ring (bicyclic) bond motifs is 2. The van der Waals surface area contributed by atoms with Crippen molar-refractivity contribution in [3.8, 4) is 0 Å². The summed E-state index contributed by atoms with van der Waals surface area (Å²) in [6, 6.07) is 7.54. The second-order valence-corrected chi connectivity index (χ2v) is 6.64. The number of benzene rings is 1. The molecule has 2 aliphatic carbocycles. The maximum Gasteiger partial charge on any atom is 0.308 e. The normalized spacial score (nSPS) is 28.0. The summed E-state index contributed by atoms with van der Waals surface area (Å²) in [5, 5.41) is 12.5. The number of allylic oxidation sites excluding steroid dienone is 4. The second-order valence-electron chi connectivity index (χ2n) is 6.64. The van der Waals surface area contributed by atoms with Gasteiger partial charge in [0.15, 0.2) is 0 Å². The Hall–Kier alpha value is -2.36. The molecule has 0 saturated heterocycles. The Kier molecular flexibility index (Phi) is 3.84. The van der Waals surface area contributed by atoms with Gasteiger partial charge in [0.1, 0.15) is 0 Å². The third-order valence-corrected chi connectivity index (χ3v) is 4.86. The quantitative estimate of drug-likeness (QED) is 0.841. The Bertz CT molecular complexity index is 728. The number of anilines is 1. The summed E-state index contributed by atoms with van der Waals surface area (Å²) in [4.78, 5) is 24.5. The van der Waals surface area contributed by atoms with Gasteiger partial charge in [0.2, 0.25) is 5.91 Å².